The van der Waals surface area contributed by atoms with Crippen molar-refractivity contribution >= 4 is 15.9 Å². The van der Waals surface area contributed by atoms with Crippen LogP contribution in [-0.2, 0) is 23.1 Å². The number of fused-ring (bicyclic) bond motifs is 1. The molecule has 0 spiro atoms. The zero-order chi connectivity index (χ0) is 14.0. The number of nitrogens with zero attached hydrogens (tertiary/aromatic N) is 4. The Morgan fingerprint density at radius 1 is 1.47 bits per heavy atom. The summed E-state index contributed by atoms with van der Waals surface area (Å²) in [6.45, 7) is 2.53. The van der Waals surface area contributed by atoms with Gasteiger partial charge in [0.05, 0.1) is 18.8 Å². The van der Waals surface area contributed by atoms with Crippen LogP contribution in [0.1, 0.15) is 29.8 Å². The molecule has 0 bridgehead atoms. The second kappa shape index (κ2) is 5.23. The van der Waals surface area contributed by atoms with Gasteiger partial charge in [0.15, 0.2) is 0 Å². The number of sulfonamides is 1. The van der Waals surface area contributed by atoms with Crippen LogP contribution in [0.3, 0.4) is 0 Å². The largest absolute Gasteiger partial charge is 0.314 e. The van der Waals surface area contributed by atoms with E-state index in [0.29, 0.717) is 25.3 Å². The predicted molar refractivity (Wildman–Crippen MR) is 63.8 cm³/mol. The molecule has 0 radical (unpaired) electrons. The summed E-state index contributed by atoms with van der Waals surface area (Å²) in [4.78, 5) is 15.1. The summed E-state index contributed by atoms with van der Waals surface area (Å²) < 4.78 is 26.7. The maximum Gasteiger partial charge on any atom is 0.314 e. The van der Waals surface area contributed by atoms with Crippen LogP contribution in [0.2, 0.25) is 0 Å². The Balaban J connectivity index is 2.20. The van der Waals surface area contributed by atoms with Crippen molar-refractivity contribution in [1.82, 2.24) is 24.5 Å². The number of hydrogen-bond donors (Lipinski definition) is 2. The molecule has 0 saturated heterocycles. The summed E-state index contributed by atoms with van der Waals surface area (Å²) in [5, 5.41) is 12.4. The van der Waals surface area contributed by atoms with Crippen LogP contribution >= 0.6 is 0 Å². The second-order valence-corrected chi connectivity index (χ2v) is 6.25. The maximum absolute atomic E-state index is 11.9. The van der Waals surface area contributed by atoms with E-state index in [1.807, 2.05) is 0 Å². The zero-order valence-corrected chi connectivity index (χ0v) is 11.2. The molecular weight excluding hydrogens is 274 g/mol. The van der Waals surface area contributed by atoms with E-state index in [1.165, 1.54) is 14.5 Å². The van der Waals surface area contributed by atoms with E-state index in [-0.39, 0.29) is 18.1 Å². The van der Waals surface area contributed by atoms with Crippen LogP contribution < -0.4 is 5.48 Å². The summed E-state index contributed by atoms with van der Waals surface area (Å²) in [6, 6.07) is 0. The SMILES string of the molecule is CCCS(=O)(=O)N1CCn2nc(C(=O)NO)nc2C1. The van der Waals surface area contributed by atoms with E-state index in [9.17, 15) is 13.2 Å². The molecule has 106 valence electrons. The first-order chi connectivity index (χ1) is 8.97. The quantitative estimate of drug-likeness (QED) is 0.539. The average Bonchev–Trinajstić information content (AvgIpc) is 2.80. The Hall–Kier alpha value is -1.52. The number of rotatable bonds is 4. The topological polar surface area (TPSA) is 117 Å². The molecule has 1 aliphatic rings. The highest BCUT2D eigenvalue weighted by atomic mass is 32.2. The lowest BCUT2D eigenvalue weighted by atomic mass is 10.4. The standard InChI is InChI=1S/C9H15N5O4S/c1-2-5-19(17,18)13-3-4-14-7(6-13)10-8(11-14)9(15)12-16/h16H,2-6H2,1H3,(H,12,15). The number of carbonyl (C=O) groups is 1. The molecule has 1 aliphatic heterocycles. The van der Waals surface area contributed by atoms with E-state index in [0.717, 1.165) is 0 Å². The predicted octanol–water partition coefficient (Wildman–Crippen LogP) is -1.05. The Kier molecular flexibility index (Phi) is 3.83. The molecule has 0 aromatic carbocycles. The van der Waals surface area contributed by atoms with Crippen molar-refractivity contribution in [3.05, 3.63) is 11.6 Å². The molecule has 0 unspecified atom stereocenters. The molecule has 1 aromatic rings. The molecule has 2 rings (SSSR count). The van der Waals surface area contributed by atoms with Gasteiger partial charge in [-0.05, 0) is 6.42 Å². The normalized spacial score (nSPS) is 16.1. The number of nitrogens with one attached hydrogen (secondary N) is 1. The first-order valence-corrected chi connectivity index (χ1v) is 7.45. The van der Waals surface area contributed by atoms with Gasteiger partial charge in [-0.1, -0.05) is 6.92 Å². The van der Waals surface area contributed by atoms with Crippen molar-refractivity contribution < 1.29 is 18.4 Å². The Labute approximate surface area is 110 Å². The van der Waals surface area contributed by atoms with Gasteiger partial charge in [-0.2, -0.15) is 4.31 Å². The van der Waals surface area contributed by atoms with E-state index in [2.05, 4.69) is 10.1 Å². The number of amides is 1. The Morgan fingerprint density at radius 3 is 2.84 bits per heavy atom. The molecule has 19 heavy (non-hydrogen) atoms. The highest BCUT2D eigenvalue weighted by Gasteiger charge is 2.29. The van der Waals surface area contributed by atoms with Gasteiger partial charge in [0, 0.05) is 6.54 Å². The molecule has 0 saturated carbocycles. The lowest BCUT2D eigenvalue weighted by Gasteiger charge is -2.25. The number of hydrogen-bond acceptors (Lipinski definition) is 6. The molecule has 2 N–H and O–H groups in total. The average molecular weight is 289 g/mol. The summed E-state index contributed by atoms with van der Waals surface area (Å²) in [5.41, 5.74) is 1.44. The molecular formula is C9H15N5O4S. The number of hydroxylamine groups is 1. The van der Waals surface area contributed by atoms with Crippen LogP contribution in [-0.4, -0.2) is 50.9 Å². The van der Waals surface area contributed by atoms with Gasteiger partial charge >= 0.3 is 5.91 Å². The minimum absolute atomic E-state index is 0.0884. The van der Waals surface area contributed by atoms with Crippen molar-refractivity contribution in [2.24, 2.45) is 0 Å². The van der Waals surface area contributed by atoms with Crippen LogP contribution in [0, 0.1) is 0 Å². The van der Waals surface area contributed by atoms with Gasteiger partial charge in [-0.25, -0.2) is 23.6 Å². The van der Waals surface area contributed by atoms with Gasteiger partial charge in [0.25, 0.3) is 0 Å². The van der Waals surface area contributed by atoms with Crippen molar-refractivity contribution in [2.75, 3.05) is 12.3 Å². The highest BCUT2D eigenvalue weighted by molar-refractivity contribution is 7.89. The van der Waals surface area contributed by atoms with Crippen LogP contribution in [0.15, 0.2) is 0 Å². The second-order valence-electron chi connectivity index (χ2n) is 4.17. The first kappa shape index (κ1) is 13.9. The van der Waals surface area contributed by atoms with Gasteiger partial charge < -0.3 is 0 Å². The summed E-state index contributed by atoms with van der Waals surface area (Å²) in [5.74, 6) is -0.507. The maximum atomic E-state index is 11.9. The lowest BCUT2D eigenvalue weighted by molar-refractivity contribution is 0.0694. The monoisotopic (exact) mass is 289 g/mol. The third-order valence-electron chi connectivity index (χ3n) is 2.79. The molecule has 0 fully saturated rings. The van der Waals surface area contributed by atoms with Crippen molar-refractivity contribution in [3.63, 3.8) is 0 Å². The number of aromatic nitrogens is 3. The molecule has 1 aromatic heterocycles. The molecule has 0 atom stereocenters. The third kappa shape index (κ3) is 2.74. The first-order valence-electron chi connectivity index (χ1n) is 5.84. The molecule has 1 amide bonds. The van der Waals surface area contributed by atoms with E-state index in [4.69, 9.17) is 5.21 Å². The van der Waals surface area contributed by atoms with Gasteiger partial charge in [-0.3, -0.25) is 10.0 Å². The smallest absolute Gasteiger partial charge is 0.288 e. The fourth-order valence-electron chi connectivity index (χ4n) is 1.88. The minimum atomic E-state index is -3.29. The van der Waals surface area contributed by atoms with E-state index >= 15 is 0 Å². The fourth-order valence-corrected chi connectivity index (χ4v) is 3.33. The fraction of sp³-hybridized carbons (Fsp3) is 0.667. The van der Waals surface area contributed by atoms with Gasteiger partial charge in [0.1, 0.15) is 5.82 Å². The molecule has 0 aliphatic carbocycles. The van der Waals surface area contributed by atoms with Crippen molar-refractivity contribution in [1.29, 1.82) is 0 Å². The third-order valence-corrected chi connectivity index (χ3v) is 4.81. The van der Waals surface area contributed by atoms with Crippen LogP contribution in [0.4, 0.5) is 0 Å². The summed E-state index contributed by atoms with van der Waals surface area (Å²) in [7, 11) is -3.29. The van der Waals surface area contributed by atoms with Gasteiger partial charge in [-0.15, -0.1) is 5.10 Å². The van der Waals surface area contributed by atoms with Gasteiger partial charge in [0.2, 0.25) is 15.8 Å². The zero-order valence-electron chi connectivity index (χ0n) is 10.4. The molecule has 9 nitrogen and oxygen atoms in total. The van der Waals surface area contributed by atoms with Crippen molar-refractivity contribution in [3.8, 4) is 0 Å². The Bertz CT molecular complexity index is 581. The van der Waals surface area contributed by atoms with Crippen LogP contribution in [0.25, 0.3) is 0 Å². The van der Waals surface area contributed by atoms with Crippen molar-refractivity contribution in [2.45, 2.75) is 26.4 Å². The molecule has 10 heteroatoms. The summed E-state index contributed by atoms with van der Waals surface area (Å²) in [6.07, 6.45) is 0.545. The summed E-state index contributed by atoms with van der Waals surface area (Å²) >= 11 is 0. The Morgan fingerprint density at radius 2 is 2.21 bits per heavy atom. The number of carbonyl (C=O) groups excluding carboxylic acids is 1. The van der Waals surface area contributed by atoms with E-state index in [1.54, 1.807) is 6.92 Å². The van der Waals surface area contributed by atoms with Crippen LogP contribution in [0.5, 0.6) is 0 Å². The van der Waals surface area contributed by atoms with E-state index < -0.39 is 15.9 Å². The lowest BCUT2D eigenvalue weighted by Crippen LogP contribution is -2.39. The minimum Gasteiger partial charge on any atom is -0.288 e. The molecule has 2 heterocycles. The highest BCUT2D eigenvalue weighted by Crippen LogP contribution is 2.15.